The van der Waals surface area contributed by atoms with Gasteiger partial charge in [-0.05, 0) is 18.1 Å². The Bertz CT molecular complexity index is 362. The molecule has 1 aromatic rings. The zero-order chi connectivity index (χ0) is 10.7. The molecule has 3 nitrogen and oxygen atoms in total. The van der Waals surface area contributed by atoms with Crippen LogP contribution in [0, 0.1) is 0 Å². The standard InChI is InChI=1S/C12H16N2O/c1-2-14-12(15)11-8-13-7-9-5-3-4-6-10(9)11/h3-6,11,13H,2,7-8H2,1H3,(H,14,15). The molecule has 1 aromatic carbocycles. The molecule has 1 unspecified atom stereocenters. The third-order valence-corrected chi connectivity index (χ3v) is 2.76. The van der Waals surface area contributed by atoms with Crippen LogP contribution in [-0.4, -0.2) is 19.0 Å². The van der Waals surface area contributed by atoms with E-state index in [1.54, 1.807) is 0 Å². The molecule has 0 saturated heterocycles. The molecule has 2 N–H and O–H groups in total. The van der Waals surface area contributed by atoms with Crippen LogP contribution < -0.4 is 10.6 Å². The van der Waals surface area contributed by atoms with E-state index < -0.39 is 0 Å². The van der Waals surface area contributed by atoms with Crippen molar-refractivity contribution >= 4 is 5.91 Å². The number of carbonyl (C=O) groups excluding carboxylic acids is 1. The summed E-state index contributed by atoms with van der Waals surface area (Å²) in [5.41, 5.74) is 2.40. The van der Waals surface area contributed by atoms with Gasteiger partial charge in [0.2, 0.25) is 5.91 Å². The number of fused-ring (bicyclic) bond motifs is 1. The van der Waals surface area contributed by atoms with E-state index in [2.05, 4.69) is 22.8 Å². The molecule has 0 radical (unpaired) electrons. The molecule has 2 rings (SSSR count). The average Bonchev–Trinajstić information content (AvgIpc) is 2.28. The van der Waals surface area contributed by atoms with Gasteiger partial charge in [0.1, 0.15) is 0 Å². The maximum absolute atomic E-state index is 11.8. The molecule has 0 fully saturated rings. The fraction of sp³-hybridized carbons (Fsp3) is 0.417. The number of rotatable bonds is 2. The fourth-order valence-corrected chi connectivity index (χ4v) is 2.03. The Morgan fingerprint density at radius 3 is 3.13 bits per heavy atom. The van der Waals surface area contributed by atoms with Crippen molar-refractivity contribution < 1.29 is 4.79 Å². The summed E-state index contributed by atoms with van der Waals surface area (Å²) in [6.07, 6.45) is 0. The number of carbonyl (C=O) groups is 1. The molecule has 0 spiro atoms. The van der Waals surface area contributed by atoms with Crippen molar-refractivity contribution in [2.24, 2.45) is 0 Å². The topological polar surface area (TPSA) is 41.1 Å². The van der Waals surface area contributed by atoms with Crippen molar-refractivity contribution in [3.05, 3.63) is 35.4 Å². The summed E-state index contributed by atoms with van der Waals surface area (Å²) in [4.78, 5) is 11.8. The minimum Gasteiger partial charge on any atom is -0.356 e. The Balaban J connectivity index is 2.25. The summed E-state index contributed by atoms with van der Waals surface area (Å²) in [5.74, 6) is 0.0899. The summed E-state index contributed by atoms with van der Waals surface area (Å²) in [6, 6.07) is 8.14. The maximum Gasteiger partial charge on any atom is 0.228 e. The summed E-state index contributed by atoms with van der Waals surface area (Å²) < 4.78 is 0. The number of hydrogen-bond acceptors (Lipinski definition) is 2. The normalized spacial score (nSPS) is 19.4. The lowest BCUT2D eigenvalue weighted by atomic mass is 9.90. The zero-order valence-electron chi connectivity index (χ0n) is 8.92. The van der Waals surface area contributed by atoms with Gasteiger partial charge in [0, 0.05) is 19.6 Å². The second kappa shape index (κ2) is 4.45. The Morgan fingerprint density at radius 1 is 1.53 bits per heavy atom. The molecule has 1 heterocycles. The van der Waals surface area contributed by atoms with Crippen molar-refractivity contribution in [3.8, 4) is 0 Å². The van der Waals surface area contributed by atoms with E-state index in [0.29, 0.717) is 6.54 Å². The van der Waals surface area contributed by atoms with Gasteiger partial charge in [0.15, 0.2) is 0 Å². The first-order valence-electron chi connectivity index (χ1n) is 5.39. The van der Waals surface area contributed by atoms with Crippen LogP contribution in [-0.2, 0) is 11.3 Å². The minimum absolute atomic E-state index is 0.0325. The summed E-state index contributed by atoms with van der Waals surface area (Å²) in [6.45, 7) is 4.24. The Morgan fingerprint density at radius 2 is 2.33 bits per heavy atom. The van der Waals surface area contributed by atoms with Gasteiger partial charge in [-0.2, -0.15) is 0 Å². The predicted octanol–water partition coefficient (Wildman–Crippen LogP) is 1.01. The third kappa shape index (κ3) is 2.02. The van der Waals surface area contributed by atoms with Crippen LogP contribution >= 0.6 is 0 Å². The largest absolute Gasteiger partial charge is 0.356 e. The number of benzene rings is 1. The van der Waals surface area contributed by atoms with E-state index in [1.165, 1.54) is 11.1 Å². The lowest BCUT2D eigenvalue weighted by molar-refractivity contribution is -0.122. The van der Waals surface area contributed by atoms with Crippen LogP contribution in [0.25, 0.3) is 0 Å². The van der Waals surface area contributed by atoms with Crippen LogP contribution in [0.4, 0.5) is 0 Å². The van der Waals surface area contributed by atoms with Gasteiger partial charge >= 0.3 is 0 Å². The smallest absolute Gasteiger partial charge is 0.228 e. The van der Waals surface area contributed by atoms with Crippen LogP contribution in [0.2, 0.25) is 0 Å². The second-order valence-corrected chi connectivity index (χ2v) is 3.78. The van der Waals surface area contributed by atoms with Crippen molar-refractivity contribution in [3.63, 3.8) is 0 Å². The van der Waals surface area contributed by atoms with Crippen LogP contribution in [0.5, 0.6) is 0 Å². The molecule has 0 saturated carbocycles. The van der Waals surface area contributed by atoms with E-state index in [9.17, 15) is 4.79 Å². The van der Waals surface area contributed by atoms with Gasteiger partial charge < -0.3 is 10.6 Å². The molecule has 1 aliphatic rings. The first kappa shape index (κ1) is 10.2. The molecule has 0 aromatic heterocycles. The van der Waals surface area contributed by atoms with Gasteiger partial charge in [-0.15, -0.1) is 0 Å². The second-order valence-electron chi connectivity index (χ2n) is 3.78. The highest BCUT2D eigenvalue weighted by Gasteiger charge is 2.25. The monoisotopic (exact) mass is 204 g/mol. The summed E-state index contributed by atoms with van der Waals surface area (Å²) in [5, 5.41) is 6.15. The maximum atomic E-state index is 11.8. The number of nitrogens with one attached hydrogen (secondary N) is 2. The lowest BCUT2D eigenvalue weighted by Gasteiger charge is -2.25. The van der Waals surface area contributed by atoms with E-state index in [-0.39, 0.29) is 11.8 Å². The molecule has 0 aliphatic carbocycles. The molecule has 3 heteroatoms. The van der Waals surface area contributed by atoms with Gasteiger partial charge in [0.25, 0.3) is 0 Å². The average molecular weight is 204 g/mol. The van der Waals surface area contributed by atoms with Gasteiger partial charge in [0.05, 0.1) is 5.92 Å². The molecule has 1 atom stereocenters. The molecular weight excluding hydrogens is 188 g/mol. The van der Waals surface area contributed by atoms with E-state index in [0.717, 1.165) is 13.1 Å². The van der Waals surface area contributed by atoms with Crippen molar-refractivity contribution in [2.45, 2.75) is 19.4 Å². The first-order valence-corrected chi connectivity index (χ1v) is 5.39. The highest BCUT2D eigenvalue weighted by Crippen LogP contribution is 2.23. The quantitative estimate of drug-likeness (QED) is 0.755. The molecule has 80 valence electrons. The van der Waals surface area contributed by atoms with Gasteiger partial charge in [-0.3, -0.25) is 4.79 Å². The molecular formula is C12H16N2O. The van der Waals surface area contributed by atoms with Crippen LogP contribution in [0.3, 0.4) is 0 Å². The van der Waals surface area contributed by atoms with Gasteiger partial charge in [-0.1, -0.05) is 24.3 Å². The Kier molecular flexibility index (Phi) is 3.02. The highest BCUT2D eigenvalue weighted by atomic mass is 16.1. The van der Waals surface area contributed by atoms with Crippen molar-refractivity contribution in [2.75, 3.05) is 13.1 Å². The minimum atomic E-state index is -0.0325. The Hall–Kier alpha value is -1.35. The number of likely N-dealkylation sites (N-methyl/N-ethyl adjacent to an activating group) is 1. The van der Waals surface area contributed by atoms with Crippen LogP contribution in [0.15, 0.2) is 24.3 Å². The molecule has 1 aliphatic heterocycles. The van der Waals surface area contributed by atoms with Crippen molar-refractivity contribution in [1.82, 2.24) is 10.6 Å². The lowest BCUT2D eigenvalue weighted by Crippen LogP contribution is -2.38. The zero-order valence-corrected chi connectivity index (χ0v) is 8.92. The Labute approximate surface area is 89.9 Å². The summed E-state index contributed by atoms with van der Waals surface area (Å²) >= 11 is 0. The van der Waals surface area contributed by atoms with Crippen LogP contribution in [0.1, 0.15) is 24.0 Å². The van der Waals surface area contributed by atoms with Gasteiger partial charge in [-0.25, -0.2) is 0 Å². The van der Waals surface area contributed by atoms with Crippen molar-refractivity contribution in [1.29, 1.82) is 0 Å². The molecule has 0 bridgehead atoms. The van der Waals surface area contributed by atoms with E-state index >= 15 is 0 Å². The molecule has 1 amide bonds. The highest BCUT2D eigenvalue weighted by molar-refractivity contribution is 5.84. The fourth-order valence-electron chi connectivity index (χ4n) is 2.03. The predicted molar refractivity (Wildman–Crippen MR) is 59.6 cm³/mol. The molecule has 15 heavy (non-hydrogen) atoms. The summed E-state index contributed by atoms with van der Waals surface area (Å²) in [7, 11) is 0. The van der Waals surface area contributed by atoms with E-state index in [1.807, 2.05) is 19.1 Å². The number of amides is 1. The van der Waals surface area contributed by atoms with E-state index in [4.69, 9.17) is 0 Å². The number of hydrogen-bond donors (Lipinski definition) is 2. The SMILES string of the molecule is CCNC(=O)C1CNCc2ccccc21. The first-order chi connectivity index (χ1) is 7.33. The third-order valence-electron chi connectivity index (χ3n) is 2.76.